The minimum absolute atomic E-state index is 0.313. The summed E-state index contributed by atoms with van der Waals surface area (Å²) < 4.78 is 94.1. The molecular formula is C50H30F4O6. The molecule has 2 heterocycles. The molecule has 0 spiro atoms. The molecule has 60 heavy (non-hydrogen) atoms. The van der Waals surface area contributed by atoms with Crippen LogP contribution < -0.4 is 28.4 Å². The lowest BCUT2D eigenvalue weighted by Gasteiger charge is -2.38. The quantitative estimate of drug-likeness (QED) is 0.136. The van der Waals surface area contributed by atoms with Crippen LogP contribution in [0.1, 0.15) is 34.1 Å². The van der Waals surface area contributed by atoms with E-state index in [2.05, 4.69) is 0 Å². The van der Waals surface area contributed by atoms with E-state index in [-0.39, 0.29) is 0 Å². The van der Waals surface area contributed by atoms with Gasteiger partial charge in [0, 0.05) is 82.6 Å². The third-order valence-electron chi connectivity index (χ3n) is 10.2. The fourth-order valence-corrected chi connectivity index (χ4v) is 7.65. The Morgan fingerprint density at radius 3 is 0.750 bits per heavy atom. The van der Waals surface area contributed by atoms with Crippen LogP contribution in [0, 0.1) is 23.3 Å². The summed E-state index contributed by atoms with van der Waals surface area (Å²) in [6.07, 6.45) is 0. The highest BCUT2D eigenvalue weighted by Gasteiger charge is 2.41. The third kappa shape index (κ3) is 7.42. The molecule has 2 aliphatic rings. The van der Waals surface area contributed by atoms with Crippen LogP contribution >= 0.6 is 0 Å². The predicted molar refractivity (Wildman–Crippen MR) is 215 cm³/mol. The lowest BCUT2D eigenvalue weighted by Crippen LogP contribution is -2.22. The van der Waals surface area contributed by atoms with E-state index in [0.717, 1.165) is 22.3 Å². The molecular weight excluding hydrogens is 773 g/mol. The fraction of sp³-hybridized carbons (Fsp3) is 0.0400. The van der Waals surface area contributed by atoms with Gasteiger partial charge in [-0.25, -0.2) is 17.6 Å². The topological polar surface area (TPSA) is 55.4 Å². The van der Waals surface area contributed by atoms with E-state index in [4.69, 9.17) is 28.4 Å². The van der Waals surface area contributed by atoms with E-state index in [1.165, 1.54) is 48.5 Å². The zero-order valence-corrected chi connectivity index (χ0v) is 31.3. The summed E-state index contributed by atoms with van der Waals surface area (Å²) in [6, 6.07) is 45.3. The van der Waals surface area contributed by atoms with Gasteiger partial charge in [0.15, 0.2) is 0 Å². The van der Waals surface area contributed by atoms with Crippen LogP contribution in [0.4, 0.5) is 17.6 Å². The van der Waals surface area contributed by atoms with Gasteiger partial charge in [-0.1, -0.05) is 48.5 Å². The molecule has 0 saturated carbocycles. The van der Waals surface area contributed by atoms with Crippen molar-refractivity contribution in [3.8, 4) is 69.0 Å². The minimum Gasteiger partial charge on any atom is -0.457 e. The lowest BCUT2D eigenvalue weighted by atomic mass is 9.71. The highest BCUT2D eigenvalue weighted by atomic mass is 19.1. The molecule has 0 bridgehead atoms. The van der Waals surface area contributed by atoms with Gasteiger partial charge in [0.2, 0.25) is 0 Å². The molecule has 8 aromatic carbocycles. The zero-order valence-electron chi connectivity index (χ0n) is 31.3. The summed E-state index contributed by atoms with van der Waals surface area (Å²) in [6.45, 7) is 0. The molecule has 0 saturated heterocycles. The van der Waals surface area contributed by atoms with E-state index in [9.17, 15) is 17.6 Å². The first kappa shape index (κ1) is 36.6. The smallest absolute Gasteiger partial charge is 0.135 e. The van der Waals surface area contributed by atoms with Crippen molar-refractivity contribution in [1.82, 2.24) is 0 Å². The molecule has 0 radical (unpaired) electrons. The zero-order chi connectivity index (χ0) is 40.7. The monoisotopic (exact) mass is 802 g/mol. The number of hydrogen-bond acceptors (Lipinski definition) is 6. The molecule has 294 valence electrons. The summed E-state index contributed by atoms with van der Waals surface area (Å²) in [5.41, 5.74) is 3.27. The maximum Gasteiger partial charge on any atom is 0.135 e. The average Bonchev–Trinajstić information content (AvgIpc) is 3.22. The van der Waals surface area contributed by atoms with E-state index < -0.39 is 35.1 Å². The van der Waals surface area contributed by atoms with Gasteiger partial charge in [-0.05, 0) is 72.8 Å². The Morgan fingerprint density at radius 1 is 0.283 bits per heavy atom. The first-order chi connectivity index (χ1) is 29.3. The van der Waals surface area contributed by atoms with Gasteiger partial charge in [0.05, 0.1) is 0 Å². The van der Waals surface area contributed by atoms with Crippen molar-refractivity contribution >= 4 is 0 Å². The Bertz CT molecular complexity index is 2540. The van der Waals surface area contributed by atoms with Crippen LogP contribution in [0.2, 0.25) is 0 Å². The second-order valence-electron chi connectivity index (χ2n) is 14.2. The van der Waals surface area contributed by atoms with E-state index in [1.54, 1.807) is 97.1 Å². The van der Waals surface area contributed by atoms with Gasteiger partial charge < -0.3 is 28.4 Å². The van der Waals surface area contributed by atoms with E-state index >= 15 is 0 Å². The van der Waals surface area contributed by atoms with Crippen LogP contribution in [-0.2, 0) is 0 Å². The standard InChI is InChI=1S/C50H30F4O6/c51-29-5-1-9-33(21-29)55-37-13-17-41-45(25-37)59-46-26-38(56-34-10-2-6-30(52)22-34)14-18-42(46)49(41)50-43-19-15-39(57-35-11-3-7-31(53)23-35)27-47(43)60-48-28-40(16-20-44(48)50)58-36-12-4-8-32(54)24-36/h1-28,49-50H. The van der Waals surface area contributed by atoms with Crippen LogP contribution in [0.5, 0.6) is 69.0 Å². The molecule has 0 aliphatic carbocycles. The average molecular weight is 803 g/mol. The van der Waals surface area contributed by atoms with Crippen LogP contribution in [0.15, 0.2) is 170 Å². The summed E-state index contributed by atoms with van der Waals surface area (Å²) >= 11 is 0. The normalized spacial score (nSPS) is 12.8. The van der Waals surface area contributed by atoms with Crippen LogP contribution in [-0.4, -0.2) is 0 Å². The molecule has 0 atom stereocenters. The first-order valence-electron chi connectivity index (χ1n) is 18.9. The predicted octanol–water partition coefficient (Wildman–Crippen LogP) is 14.6. The lowest BCUT2D eigenvalue weighted by molar-refractivity contribution is 0.400. The van der Waals surface area contributed by atoms with Gasteiger partial charge in [-0.3, -0.25) is 0 Å². The second kappa shape index (κ2) is 15.2. The Hall–Kier alpha value is -7.72. The van der Waals surface area contributed by atoms with Gasteiger partial charge in [0.25, 0.3) is 0 Å². The second-order valence-corrected chi connectivity index (χ2v) is 14.2. The minimum atomic E-state index is -0.438. The van der Waals surface area contributed by atoms with Crippen molar-refractivity contribution in [1.29, 1.82) is 0 Å². The van der Waals surface area contributed by atoms with Crippen molar-refractivity contribution in [2.24, 2.45) is 0 Å². The van der Waals surface area contributed by atoms with Crippen molar-refractivity contribution < 1.29 is 46.0 Å². The summed E-state index contributed by atoms with van der Waals surface area (Å²) in [7, 11) is 0. The van der Waals surface area contributed by atoms with E-state index in [1.807, 2.05) is 24.3 Å². The summed E-state index contributed by atoms with van der Waals surface area (Å²) in [5.74, 6) is 2.27. The number of ether oxygens (including phenoxy) is 6. The number of halogens is 4. The summed E-state index contributed by atoms with van der Waals surface area (Å²) in [4.78, 5) is 0. The molecule has 10 heteroatoms. The first-order valence-corrected chi connectivity index (χ1v) is 18.9. The fourth-order valence-electron chi connectivity index (χ4n) is 7.65. The molecule has 0 N–H and O–H groups in total. The van der Waals surface area contributed by atoms with Crippen molar-refractivity contribution in [3.63, 3.8) is 0 Å². The molecule has 0 fully saturated rings. The van der Waals surface area contributed by atoms with Crippen molar-refractivity contribution in [2.45, 2.75) is 11.8 Å². The van der Waals surface area contributed by atoms with E-state index in [0.29, 0.717) is 69.0 Å². The summed E-state index contributed by atoms with van der Waals surface area (Å²) in [5, 5.41) is 0. The largest absolute Gasteiger partial charge is 0.457 e. The van der Waals surface area contributed by atoms with Crippen molar-refractivity contribution in [2.75, 3.05) is 0 Å². The molecule has 0 amide bonds. The third-order valence-corrected chi connectivity index (χ3v) is 10.2. The van der Waals surface area contributed by atoms with Gasteiger partial charge in [-0.15, -0.1) is 0 Å². The number of benzene rings is 8. The highest BCUT2D eigenvalue weighted by Crippen LogP contribution is 2.59. The van der Waals surface area contributed by atoms with Gasteiger partial charge in [-0.2, -0.15) is 0 Å². The number of hydrogen-bond donors (Lipinski definition) is 0. The Kier molecular flexibility index (Phi) is 9.29. The molecule has 2 aliphatic heterocycles. The van der Waals surface area contributed by atoms with Gasteiger partial charge >= 0.3 is 0 Å². The highest BCUT2D eigenvalue weighted by molar-refractivity contribution is 5.65. The number of rotatable bonds is 9. The molecule has 0 unspecified atom stereocenters. The Morgan fingerprint density at radius 2 is 0.517 bits per heavy atom. The Labute approximate surface area is 341 Å². The van der Waals surface area contributed by atoms with Gasteiger partial charge in [0.1, 0.15) is 92.3 Å². The van der Waals surface area contributed by atoms with Crippen LogP contribution in [0.3, 0.4) is 0 Å². The maximum atomic E-state index is 14.1. The SMILES string of the molecule is Fc1cccc(Oc2ccc3c(c2)Oc2cc(Oc4cccc(F)c4)ccc2C3C2c3ccc(Oc4cccc(F)c4)cc3Oc3cc(Oc4cccc(F)c4)ccc32)c1. The van der Waals surface area contributed by atoms with Crippen LogP contribution in [0.25, 0.3) is 0 Å². The number of fused-ring (bicyclic) bond motifs is 4. The van der Waals surface area contributed by atoms with Crippen molar-refractivity contribution in [3.05, 3.63) is 215 Å². The molecule has 0 aromatic heterocycles. The Balaban J connectivity index is 1.11. The molecule has 8 aromatic rings. The molecule has 6 nitrogen and oxygen atoms in total. The maximum absolute atomic E-state index is 14.1. The molecule has 10 rings (SSSR count).